The van der Waals surface area contributed by atoms with Crippen molar-refractivity contribution >= 4 is 39.0 Å². The highest BCUT2D eigenvalue weighted by atomic mass is 35.5. The lowest BCUT2D eigenvalue weighted by Crippen LogP contribution is -2.14. The van der Waals surface area contributed by atoms with Crippen molar-refractivity contribution in [3.05, 3.63) is 63.2 Å². The third kappa shape index (κ3) is 3.81. The van der Waals surface area contributed by atoms with E-state index in [9.17, 15) is 23.3 Å². The number of esters is 1. The summed E-state index contributed by atoms with van der Waals surface area (Å²) in [6, 6.07) is 8.53. The number of nitro groups is 1. The lowest BCUT2D eigenvalue weighted by molar-refractivity contribution is -0.384. The summed E-state index contributed by atoms with van der Waals surface area (Å²) in [4.78, 5) is 21.5. The summed E-state index contributed by atoms with van der Waals surface area (Å²) < 4.78 is 31.5. The number of benzene rings is 2. The summed E-state index contributed by atoms with van der Waals surface area (Å²) >= 11 is 5.84. The molecule has 0 atom stereocenters. The summed E-state index contributed by atoms with van der Waals surface area (Å²) in [5, 5.41) is 10.8. The van der Waals surface area contributed by atoms with Gasteiger partial charge in [0.05, 0.1) is 33.2 Å². The minimum atomic E-state index is -4.08. The van der Waals surface area contributed by atoms with Crippen molar-refractivity contribution in [2.24, 2.45) is 0 Å². The van der Waals surface area contributed by atoms with Crippen LogP contribution in [0.15, 0.2) is 47.4 Å². The SMILES string of the molecule is COC(=O)c1cc(S(=O)(=O)Nc2cccc([N+](=O)[O-])c2)ccc1Cl. The Bertz CT molecular complexity index is 913. The highest BCUT2D eigenvalue weighted by Gasteiger charge is 2.20. The van der Waals surface area contributed by atoms with Crippen molar-refractivity contribution in [1.82, 2.24) is 0 Å². The number of ether oxygens (including phenoxy) is 1. The van der Waals surface area contributed by atoms with Crippen molar-refractivity contribution in [3.8, 4) is 0 Å². The molecule has 1 N–H and O–H groups in total. The van der Waals surface area contributed by atoms with Crippen LogP contribution < -0.4 is 4.72 Å². The highest BCUT2D eigenvalue weighted by Crippen LogP contribution is 2.24. The standard InChI is InChI=1S/C14H11ClN2O6S/c1-23-14(18)12-8-11(5-6-13(12)15)24(21,22)16-9-3-2-4-10(7-9)17(19)20/h2-8,16H,1H3. The smallest absolute Gasteiger partial charge is 0.339 e. The molecule has 0 amide bonds. The minimum Gasteiger partial charge on any atom is -0.465 e. The summed E-state index contributed by atoms with van der Waals surface area (Å²) in [7, 11) is -2.94. The third-order valence-corrected chi connectivity index (χ3v) is 4.67. The normalized spacial score (nSPS) is 10.9. The summed E-state index contributed by atoms with van der Waals surface area (Å²) in [5.74, 6) is -0.785. The fourth-order valence-electron chi connectivity index (χ4n) is 1.83. The van der Waals surface area contributed by atoms with E-state index in [2.05, 4.69) is 9.46 Å². The Kier molecular flexibility index (Phi) is 5.05. The molecule has 0 bridgehead atoms. The number of non-ortho nitro benzene ring substituents is 1. The van der Waals surface area contributed by atoms with Crippen LogP contribution >= 0.6 is 11.6 Å². The Hall–Kier alpha value is -2.65. The van der Waals surface area contributed by atoms with Crippen molar-refractivity contribution in [2.75, 3.05) is 11.8 Å². The molecule has 0 aliphatic heterocycles. The number of nitrogens with zero attached hydrogens (tertiary/aromatic N) is 1. The van der Waals surface area contributed by atoms with Gasteiger partial charge in [-0.2, -0.15) is 0 Å². The van der Waals surface area contributed by atoms with Gasteiger partial charge in [-0.1, -0.05) is 17.7 Å². The molecule has 0 aromatic heterocycles. The van der Waals surface area contributed by atoms with Crippen molar-refractivity contribution in [3.63, 3.8) is 0 Å². The van der Waals surface area contributed by atoms with E-state index in [4.69, 9.17) is 11.6 Å². The predicted octanol–water partition coefficient (Wildman–Crippen LogP) is 2.84. The summed E-state index contributed by atoms with van der Waals surface area (Å²) in [5.41, 5.74) is -0.360. The average Bonchev–Trinajstić information content (AvgIpc) is 2.54. The van der Waals surface area contributed by atoms with Crippen molar-refractivity contribution in [2.45, 2.75) is 4.90 Å². The quantitative estimate of drug-likeness (QED) is 0.491. The zero-order valence-electron chi connectivity index (χ0n) is 12.2. The number of halogens is 1. The molecule has 126 valence electrons. The minimum absolute atomic E-state index is 0.0127. The van der Waals surface area contributed by atoms with E-state index >= 15 is 0 Å². The van der Waals surface area contributed by atoms with Gasteiger partial charge >= 0.3 is 5.97 Å². The van der Waals surface area contributed by atoms with E-state index in [0.717, 1.165) is 19.2 Å². The largest absolute Gasteiger partial charge is 0.465 e. The second kappa shape index (κ2) is 6.85. The molecule has 0 fully saturated rings. The molecule has 0 saturated heterocycles. The first-order valence-corrected chi connectivity index (χ1v) is 8.26. The fourth-order valence-corrected chi connectivity index (χ4v) is 3.10. The van der Waals surface area contributed by atoms with E-state index < -0.39 is 20.9 Å². The average molecular weight is 371 g/mol. The number of nitro benzene ring substituents is 1. The number of hydrogen-bond donors (Lipinski definition) is 1. The number of nitrogens with one attached hydrogen (secondary N) is 1. The van der Waals surface area contributed by atoms with Gasteiger partial charge in [0.1, 0.15) is 0 Å². The van der Waals surface area contributed by atoms with Gasteiger partial charge in [0.15, 0.2) is 0 Å². The van der Waals surface area contributed by atoms with Gasteiger partial charge in [-0.3, -0.25) is 14.8 Å². The first-order valence-electron chi connectivity index (χ1n) is 6.40. The van der Waals surface area contributed by atoms with Gasteiger partial charge in [0, 0.05) is 12.1 Å². The second-order valence-corrected chi connectivity index (χ2v) is 6.64. The Morgan fingerprint density at radius 3 is 2.58 bits per heavy atom. The van der Waals surface area contributed by atoms with E-state index in [1.54, 1.807) is 0 Å². The van der Waals surface area contributed by atoms with Crippen LogP contribution in [0.4, 0.5) is 11.4 Å². The van der Waals surface area contributed by atoms with Crippen LogP contribution in [0, 0.1) is 10.1 Å². The fraction of sp³-hybridized carbons (Fsp3) is 0.0714. The number of carbonyl (C=O) groups is 1. The van der Waals surface area contributed by atoms with Crippen LogP contribution in [-0.4, -0.2) is 26.4 Å². The first kappa shape index (κ1) is 17.7. The number of sulfonamides is 1. The summed E-state index contributed by atoms with van der Waals surface area (Å²) in [6.45, 7) is 0. The van der Waals surface area contributed by atoms with Crippen LogP contribution in [0.2, 0.25) is 5.02 Å². The molecule has 2 aromatic rings. The summed E-state index contributed by atoms with van der Waals surface area (Å²) in [6.07, 6.45) is 0. The third-order valence-electron chi connectivity index (χ3n) is 2.96. The van der Waals surface area contributed by atoms with Crippen LogP contribution in [0.3, 0.4) is 0 Å². The molecular formula is C14H11ClN2O6S. The van der Waals surface area contributed by atoms with E-state index in [1.165, 1.54) is 30.3 Å². The van der Waals surface area contributed by atoms with Crippen LogP contribution in [0.25, 0.3) is 0 Å². The Balaban J connectivity index is 2.39. The monoisotopic (exact) mass is 370 g/mol. The lowest BCUT2D eigenvalue weighted by atomic mass is 10.2. The molecule has 0 aliphatic carbocycles. The molecular weight excluding hydrogens is 360 g/mol. The number of methoxy groups -OCH3 is 1. The molecule has 0 heterocycles. The molecule has 8 nitrogen and oxygen atoms in total. The zero-order valence-corrected chi connectivity index (χ0v) is 13.8. The van der Waals surface area contributed by atoms with Crippen LogP contribution in [0.1, 0.15) is 10.4 Å². The lowest BCUT2D eigenvalue weighted by Gasteiger charge is -2.10. The Morgan fingerprint density at radius 1 is 1.25 bits per heavy atom. The molecule has 0 saturated carbocycles. The van der Waals surface area contributed by atoms with Gasteiger partial charge in [-0.15, -0.1) is 0 Å². The molecule has 0 unspecified atom stereocenters. The van der Waals surface area contributed by atoms with Crippen molar-refractivity contribution in [1.29, 1.82) is 0 Å². The Labute approximate surface area is 142 Å². The maximum absolute atomic E-state index is 12.4. The van der Waals surface area contributed by atoms with Crippen LogP contribution in [0.5, 0.6) is 0 Å². The van der Waals surface area contributed by atoms with E-state index in [1.807, 2.05) is 0 Å². The first-order chi connectivity index (χ1) is 11.2. The van der Waals surface area contributed by atoms with E-state index in [-0.39, 0.29) is 26.9 Å². The van der Waals surface area contributed by atoms with Gasteiger partial charge in [-0.05, 0) is 24.3 Å². The molecule has 0 aliphatic rings. The van der Waals surface area contributed by atoms with Crippen LogP contribution in [-0.2, 0) is 14.8 Å². The number of carbonyl (C=O) groups excluding carboxylic acids is 1. The van der Waals surface area contributed by atoms with Crippen molar-refractivity contribution < 1.29 is 22.9 Å². The molecule has 0 radical (unpaired) electrons. The molecule has 0 spiro atoms. The van der Waals surface area contributed by atoms with E-state index in [0.29, 0.717) is 0 Å². The number of hydrogen-bond acceptors (Lipinski definition) is 6. The molecule has 24 heavy (non-hydrogen) atoms. The maximum atomic E-state index is 12.4. The van der Waals surface area contributed by atoms with Gasteiger partial charge in [-0.25, -0.2) is 13.2 Å². The highest BCUT2D eigenvalue weighted by molar-refractivity contribution is 7.92. The molecule has 2 rings (SSSR count). The number of rotatable bonds is 5. The molecule has 2 aromatic carbocycles. The second-order valence-electron chi connectivity index (χ2n) is 4.55. The van der Waals surface area contributed by atoms with Gasteiger partial charge in [0.2, 0.25) is 0 Å². The molecule has 10 heteroatoms. The maximum Gasteiger partial charge on any atom is 0.339 e. The zero-order chi connectivity index (χ0) is 17.9. The Morgan fingerprint density at radius 2 is 1.96 bits per heavy atom. The van der Waals surface area contributed by atoms with Gasteiger partial charge < -0.3 is 4.74 Å². The predicted molar refractivity (Wildman–Crippen MR) is 86.7 cm³/mol. The van der Waals surface area contributed by atoms with Gasteiger partial charge in [0.25, 0.3) is 15.7 Å². The number of anilines is 1. The topological polar surface area (TPSA) is 116 Å².